The predicted octanol–water partition coefficient (Wildman–Crippen LogP) is 4.24. The number of nitrogens with two attached hydrogens (primary N) is 1. The molecule has 4 heterocycles. The topological polar surface area (TPSA) is 92.9 Å². The second-order valence-electron chi connectivity index (χ2n) is 9.64. The van der Waals surface area contributed by atoms with Gasteiger partial charge in [-0.3, -0.25) is 14.5 Å². The van der Waals surface area contributed by atoms with Gasteiger partial charge >= 0.3 is 5.97 Å². The van der Waals surface area contributed by atoms with Crippen molar-refractivity contribution in [1.82, 2.24) is 9.80 Å². The van der Waals surface area contributed by atoms with Crippen LogP contribution in [0.3, 0.4) is 0 Å². The normalized spacial score (nSPS) is 21.9. The fourth-order valence-electron chi connectivity index (χ4n) is 5.14. The van der Waals surface area contributed by atoms with Crippen LogP contribution >= 0.6 is 23.1 Å². The molecule has 0 bridgehead atoms. The van der Waals surface area contributed by atoms with Gasteiger partial charge in [0.15, 0.2) is 6.10 Å². The average molecular weight is 558 g/mol. The van der Waals surface area contributed by atoms with Gasteiger partial charge in [-0.2, -0.15) is 0 Å². The molecule has 9 heteroatoms. The van der Waals surface area contributed by atoms with Crippen molar-refractivity contribution < 1.29 is 19.1 Å². The van der Waals surface area contributed by atoms with Crippen LogP contribution in [-0.4, -0.2) is 51.3 Å². The van der Waals surface area contributed by atoms with E-state index in [4.69, 9.17) is 10.5 Å². The van der Waals surface area contributed by atoms with Gasteiger partial charge in [0.1, 0.15) is 17.1 Å². The molecule has 2 saturated heterocycles. The number of ether oxygens (including phenoxy) is 1. The Labute approximate surface area is 234 Å². The molecule has 198 valence electrons. The molecule has 2 amide bonds. The standard InChI is InChI=1S/C30H27N3O4S2/c31-24-28(35)33-25(30(36)37-26(19-8-3-1-4-9-19)20-10-5-2-6-11-20)22(18-39-29(24)33)16-21-13-14-32(27(21)34)17-23-12-7-15-38-23/h1-12,15-16,24,26,29H,13-14,17-18,31H2/b21-16+/t24-,29-/m1/s1. The fraction of sp³-hybridized carbons (Fsp3) is 0.233. The average Bonchev–Trinajstić information content (AvgIpc) is 3.62. The monoisotopic (exact) mass is 557 g/mol. The number of thiophene rings is 1. The third kappa shape index (κ3) is 4.93. The van der Waals surface area contributed by atoms with Crippen LogP contribution in [-0.2, 0) is 25.7 Å². The maximum Gasteiger partial charge on any atom is 0.356 e. The van der Waals surface area contributed by atoms with Gasteiger partial charge in [0.05, 0.1) is 6.54 Å². The third-order valence-electron chi connectivity index (χ3n) is 7.15. The van der Waals surface area contributed by atoms with Crippen molar-refractivity contribution >= 4 is 40.9 Å². The van der Waals surface area contributed by atoms with Crippen molar-refractivity contribution in [2.24, 2.45) is 5.73 Å². The molecule has 2 fully saturated rings. The number of fused-ring (bicyclic) bond motifs is 1. The number of carbonyl (C=O) groups excluding carboxylic acids is 3. The number of amides is 2. The van der Waals surface area contributed by atoms with Gasteiger partial charge < -0.3 is 15.4 Å². The Bertz CT molecular complexity index is 1410. The number of hydrogen-bond donors (Lipinski definition) is 1. The van der Waals surface area contributed by atoms with Crippen molar-refractivity contribution in [2.45, 2.75) is 30.5 Å². The Morgan fingerprint density at radius 2 is 1.72 bits per heavy atom. The van der Waals surface area contributed by atoms with Gasteiger partial charge in [-0.15, -0.1) is 23.1 Å². The van der Waals surface area contributed by atoms with Crippen molar-refractivity contribution in [3.63, 3.8) is 0 Å². The Morgan fingerprint density at radius 3 is 2.36 bits per heavy atom. The summed E-state index contributed by atoms with van der Waals surface area (Å²) in [5, 5.41) is 1.67. The minimum atomic E-state index is -0.666. The lowest BCUT2D eigenvalue weighted by atomic mass is 10.00. The molecular formula is C30H27N3O4S2. The highest BCUT2D eigenvalue weighted by Crippen LogP contribution is 2.42. The van der Waals surface area contributed by atoms with Crippen LogP contribution < -0.4 is 5.73 Å². The van der Waals surface area contributed by atoms with E-state index in [1.165, 1.54) is 16.7 Å². The molecule has 3 aliphatic heterocycles. The maximum atomic E-state index is 13.9. The molecule has 0 saturated carbocycles. The summed E-state index contributed by atoms with van der Waals surface area (Å²) in [5.74, 6) is -0.516. The van der Waals surface area contributed by atoms with Crippen molar-refractivity contribution in [3.05, 3.63) is 117 Å². The molecule has 0 radical (unpaired) electrons. The lowest BCUT2D eigenvalue weighted by Crippen LogP contribution is -2.68. The van der Waals surface area contributed by atoms with Gasteiger partial charge in [0, 0.05) is 22.7 Å². The Kier molecular flexibility index (Phi) is 7.12. The van der Waals surface area contributed by atoms with Gasteiger partial charge in [-0.1, -0.05) is 66.7 Å². The number of allylic oxidation sites excluding steroid dienone is 1. The number of rotatable bonds is 7. The molecule has 3 aliphatic rings. The van der Waals surface area contributed by atoms with Gasteiger partial charge in [-0.25, -0.2) is 4.79 Å². The Hall–Kier alpha value is -3.66. The summed E-state index contributed by atoms with van der Waals surface area (Å²) in [7, 11) is 0. The minimum Gasteiger partial charge on any atom is -0.448 e. The molecular weight excluding hydrogens is 530 g/mol. The molecule has 0 unspecified atom stereocenters. The van der Waals surface area contributed by atoms with E-state index in [2.05, 4.69) is 0 Å². The summed E-state index contributed by atoms with van der Waals surface area (Å²) in [6.45, 7) is 1.18. The number of thioether (sulfide) groups is 1. The first kappa shape index (κ1) is 25.6. The quantitative estimate of drug-likeness (QED) is 0.266. The minimum absolute atomic E-state index is 0.0474. The molecule has 0 aliphatic carbocycles. The predicted molar refractivity (Wildman–Crippen MR) is 151 cm³/mol. The maximum absolute atomic E-state index is 13.9. The molecule has 2 aromatic carbocycles. The zero-order valence-electron chi connectivity index (χ0n) is 21.1. The Morgan fingerprint density at radius 1 is 1.03 bits per heavy atom. The number of nitrogens with zero attached hydrogens (tertiary/aromatic N) is 2. The van der Waals surface area contributed by atoms with Crippen LogP contribution in [0.4, 0.5) is 0 Å². The largest absolute Gasteiger partial charge is 0.448 e. The summed E-state index contributed by atoms with van der Waals surface area (Å²) < 4.78 is 6.15. The summed E-state index contributed by atoms with van der Waals surface area (Å²) in [6.07, 6.45) is 1.70. The molecule has 39 heavy (non-hydrogen) atoms. The summed E-state index contributed by atoms with van der Waals surface area (Å²) in [4.78, 5) is 44.4. The highest BCUT2D eigenvalue weighted by atomic mass is 32.2. The van der Waals surface area contributed by atoms with Gasteiger partial charge in [0.2, 0.25) is 11.8 Å². The first-order valence-corrected chi connectivity index (χ1v) is 14.7. The van der Waals surface area contributed by atoms with E-state index in [0.29, 0.717) is 36.4 Å². The first-order valence-electron chi connectivity index (χ1n) is 12.8. The van der Waals surface area contributed by atoms with Crippen LogP contribution in [0.5, 0.6) is 0 Å². The molecule has 3 aromatic rings. The van der Waals surface area contributed by atoms with E-state index in [1.807, 2.05) is 83.1 Å². The lowest BCUT2D eigenvalue weighted by Gasteiger charge is -2.48. The number of esters is 1. The van der Waals surface area contributed by atoms with Crippen LogP contribution in [0, 0.1) is 0 Å². The molecule has 6 rings (SSSR count). The van der Waals surface area contributed by atoms with Crippen molar-refractivity contribution in [3.8, 4) is 0 Å². The molecule has 2 atom stereocenters. The second-order valence-corrected chi connectivity index (χ2v) is 11.8. The summed E-state index contributed by atoms with van der Waals surface area (Å²) >= 11 is 3.12. The number of benzene rings is 2. The zero-order chi connectivity index (χ0) is 26.9. The third-order valence-corrected chi connectivity index (χ3v) is 9.33. The number of carbonyl (C=O) groups is 3. The lowest BCUT2D eigenvalue weighted by molar-refractivity contribution is -0.153. The van der Waals surface area contributed by atoms with Gasteiger partial charge in [-0.05, 0) is 40.6 Å². The second kappa shape index (κ2) is 10.8. The highest BCUT2D eigenvalue weighted by Gasteiger charge is 2.52. The summed E-state index contributed by atoms with van der Waals surface area (Å²) in [6, 6.07) is 22.4. The molecule has 1 aromatic heterocycles. The van der Waals surface area contributed by atoms with Crippen LogP contribution in [0.25, 0.3) is 0 Å². The number of β-lactam (4-membered cyclic amide) rings is 1. The van der Waals surface area contributed by atoms with E-state index >= 15 is 0 Å². The Balaban J connectivity index is 1.33. The first-order chi connectivity index (χ1) is 19.0. The highest BCUT2D eigenvalue weighted by molar-refractivity contribution is 8.00. The molecule has 2 N–H and O–H groups in total. The molecule has 7 nitrogen and oxygen atoms in total. The van der Waals surface area contributed by atoms with E-state index in [0.717, 1.165) is 16.0 Å². The summed E-state index contributed by atoms with van der Waals surface area (Å²) in [5.41, 5.74) is 9.14. The molecule has 0 spiro atoms. The van der Waals surface area contributed by atoms with Crippen LogP contribution in [0.2, 0.25) is 0 Å². The van der Waals surface area contributed by atoms with Crippen molar-refractivity contribution in [2.75, 3.05) is 12.3 Å². The number of hydrogen-bond acceptors (Lipinski definition) is 7. The van der Waals surface area contributed by atoms with Gasteiger partial charge in [0.25, 0.3) is 0 Å². The SMILES string of the molecule is N[C@@H]1C(=O)N2C(C(=O)OC(c3ccccc3)c3ccccc3)=C(/C=C3\CCN(Cc4cccs4)C3=O)CS[C@H]12. The smallest absolute Gasteiger partial charge is 0.356 e. The number of likely N-dealkylation sites (tertiary alicyclic amines) is 1. The fourth-order valence-corrected chi connectivity index (χ4v) is 7.11. The van der Waals surface area contributed by atoms with Crippen LogP contribution in [0.15, 0.2) is 101 Å². The van der Waals surface area contributed by atoms with E-state index < -0.39 is 18.1 Å². The van der Waals surface area contributed by atoms with E-state index in [-0.39, 0.29) is 22.9 Å². The van der Waals surface area contributed by atoms with Crippen LogP contribution in [0.1, 0.15) is 28.5 Å². The van der Waals surface area contributed by atoms with Crippen molar-refractivity contribution in [1.29, 1.82) is 0 Å². The zero-order valence-corrected chi connectivity index (χ0v) is 22.7. The van der Waals surface area contributed by atoms with E-state index in [1.54, 1.807) is 17.4 Å². The van der Waals surface area contributed by atoms with E-state index in [9.17, 15) is 14.4 Å².